The number of anilines is 1. The zero-order valence-electron chi connectivity index (χ0n) is 11.7. The number of carbonyl (C=O) groups is 1. The molecule has 0 bridgehead atoms. The molecule has 3 rings (SSSR count). The summed E-state index contributed by atoms with van der Waals surface area (Å²) in [6, 6.07) is 17.2. The average molecular weight is 280 g/mol. The number of benzene rings is 2. The van der Waals surface area contributed by atoms with E-state index in [-0.39, 0.29) is 5.91 Å². The average Bonchev–Trinajstić information content (AvgIpc) is 2.88. The number of nitrogens with zero attached hydrogens (tertiary/aromatic N) is 1. The highest BCUT2D eigenvalue weighted by molar-refractivity contribution is 6.12. The molecule has 0 atom stereocenters. The van der Waals surface area contributed by atoms with Crippen molar-refractivity contribution in [3.05, 3.63) is 66.4 Å². The number of ether oxygens (including phenoxy) is 1. The fourth-order valence-corrected chi connectivity index (χ4v) is 2.39. The molecule has 0 saturated heterocycles. The van der Waals surface area contributed by atoms with Gasteiger partial charge in [-0.3, -0.25) is 4.79 Å². The first-order valence-electron chi connectivity index (χ1n) is 6.73. The van der Waals surface area contributed by atoms with Crippen molar-refractivity contribution in [1.29, 1.82) is 0 Å². The van der Waals surface area contributed by atoms with Crippen molar-refractivity contribution in [2.75, 3.05) is 12.4 Å². The number of hydrogen-bond acceptors (Lipinski definition) is 2. The third kappa shape index (κ3) is 2.66. The second-order valence-corrected chi connectivity index (χ2v) is 4.77. The quantitative estimate of drug-likeness (QED) is 0.795. The molecule has 0 aliphatic rings. The first-order valence-corrected chi connectivity index (χ1v) is 6.73. The van der Waals surface area contributed by atoms with Crippen LogP contribution in [0.5, 0.6) is 0 Å². The minimum atomic E-state index is -0.118. The smallest absolute Gasteiger partial charge is 0.257 e. The van der Waals surface area contributed by atoms with Gasteiger partial charge in [0.25, 0.3) is 5.91 Å². The van der Waals surface area contributed by atoms with Crippen LogP contribution in [0.1, 0.15) is 10.4 Å². The summed E-state index contributed by atoms with van der Waals surface area (Å²) in [5.74, 6) is -0.118. The Morgan fingerprint density at radius 2 is 1.81 bits per heavy atom. The van der Waals surface area contributed by atoms with Gasteiger partial charge in [-0.25, -0.2) is 0 Å². The van der Waals surface area contributed by atoms with Crippen LogP contribution in [0.15, 0.2) is 60.8 Å². The highest BCUT2D eigenvalue weighted by Gasteiger charge is 2.14. The molecule has 0 radical (unpaired) electrons. The molecule has 1 N–H and O–H groups in total. The maximum Gasteiger partial charge on any atom is 0.257 e. The van der Waals surface area contributed by atoms with Gasteiger partial charge < -0.3 is 14.6 Å². The first kappa shape index (κ1) is 13.4. The Balaban J connectivity index is 1.98. The molecule has 4 nitrogen and oxygen atoms in total. The van der Waals surface area contributed by atoms with Crippen LogP contribution in [0.25, 0.3) is 10.9 Å². The normalized spacial score (nSPS) is 10.7. The summed E-state index contributed by atoms with van der Waals surface area (Å²) >= 11 is 0. The van der Waals surface area contributed by atoms with Crippen LogP contribution in [0.3, 0.4) is 0 Å². The molecule has 0 saturated carbocycles. The lowest BCUT2D eigenvalue weighted by molar-refractivity contribution is 0.102. The van der Waals surface area contributed by atoms with Gasteiger partial charge in [-0.2, -0.15) is 0 Å². The lowest BCUT2D eigenvalue weighted by atomic mass is 10.1. The van der Waals surface area contributed by atoms with E-state index < -0.39 is 0 Å². The van der Waals surface area contributed by atoms with Crippen LogP contribution >= 0.6 is 0 Å². The van der Waals surface area contributed by atoms with Gasteiger partial charge in [-0.05, 0) is 18.2 Å². The third-order valence-electron chi connectivity index (χ3n) is 3.33. The minimum absolute atomic E-state index is 0.118. The summed E-state index contributed by atoms with van der Waals surface area (Å²) in [5, 5.41) is 3.83. The topological polar surface area (TPSA) is 43.3 Å². The summed E-state index contributed by atoms with van der Waals surface area (Å²) in [6.45, 7) is 0.416. The molecule has 4 heteroatoms. The second-order valence-electron chi connectivity index (χ2n) is 4.77. The highest BCUT2D eigenvalue weighted by Crippen LogP contribution is 2.22. The minimum Gasteiger partial charge on any atom is -0.364 e. The second kappa shape index (κ2) is 5.81. The van der Waals surface area contributed by atoms with Gasteiger partial charge in [-0.15, -0.1) is 0 Å². The predicted octanol–water partition coefficient (Wildman–Crippen LogP) is 3.50. The van der Waals surface area contributed by atoms with E-state index in [1.54, 1.807) is 7.11 Å². The van der Waals surface area contributed by atoms with Crippen molar-refractivity contribution in [3.8, 4) is 0 Å². The number of amides is 1. The zero-order chi connectivity index (χ0) is 14.7. The molecule has 106 valence electrons. The maximum absolute atomic E-state index is 12.5. The maximum atomic E-state index is 12.5. The molecule has 0 spiro atoms. The number of carbonyl (C=O) groups excluding carboxylic acids is 1. The van der Waals surface area contributed by atoms with Crippen LogP contribution in [0.4, 0.5) is 5.69 Å². The fraction of sp³-hybridized carbons (Fsp3) is 0.118. The van der Waals surface area contributed by atoms with Gasteiger partial charge in [0.15, 0.2) is 0 Å². The van der Waals surface area contributed by atoms with E-state index in [1.807, 2.05) is 65.4 Å². The van der Waals surface area contributed by atoms with Crippen molar-refractivity contribution >= 4 is 22.5 Å². The molecule has 3 aromatic rings. The van der Waals surface area contributed by atoms with Gasteiger partial charge in [0.05, 0.1) is 11.1 Å². The van der Waals surface area contributed by atoms with E-state index in [0.29, 0.717) is 12.3 Å². The van der Waals surface area contributed by atoms with E-state index in [0.717, 1.165) is 16.6 Å². The number of nitrogens with one attached hydrogen (secondary N) is 1. The number of fused-ring (bicyclic) bond motifs is 1. The van der Waals surface area contributed by atoms with Gasteiger partial charge in [0, 0.05) is 24.4 Å². The summed E-state index contributed by atoms with van der Waals surface area (Å²) < 4.78 is 7.10. The Morgan fingerprint density at radius 3 is 2.57 bits per heavy atom. The molecule has 2 aromatic carbocycles. The van der Waals surface area contributed by atoms with Crippen molar-refractivity contribution in [3.63, 3.8) is 0 Å². The van der Waals surface area contributed by atoms with E-state index in [1.165, 1.54) is 0 Å². The lowest BCUT2D eigenvalue weighted by Crippen LogP contribution is -2.11. The molecule has 1 heterocycles. The Kier molecular flexibility index (Phi) is 3.71. The van der Waals surface area contributed by atoms with E-state index in [2.05, 4.69) is 5.32 Å². The Bertz CT molecular complexity index is 763. The summed E-state index contributed by atoms with van der Waals surface area (Å²) in [7, 11) is 1.64. The highest BCUT2D eigenvalue weighted by atomic mass is 16.5. The molecule has 0 aliphatic carbocycles. The van der Waals surface area contributed by atoms with Crippen LogP contribution in [-0.2, 0) is 11.5 Å². The Labute approximate surface area is 123 Å². The van der Waals surface area contributed by atoms with Gasteiger partial charge in [0.1, 0.15) is 6.73 Å². The molecular formula is C17H16N2O2. The number of aromatic nitrogens is 1. The molecule has 1 aromatic heterocycles. The third-order valence-corrected chi connectivity index (χ3v) is 3.33. The molecule has 0 fully saturated rings. The van der Waals surface area contributed by atoms with E-state index >= 15 is 0 Å². The predicted molar refractivity (Wildman–Crippen MR) is 83.3 cm³/mol. The standard InChI is InChI=1S/C17H16N2O2/c1-21-12-19-11-15(14-9-5-6-10-16(14)19)17(20)18-13-7-3-2-4-8-13/h2-11H,12H2,1H3,(H,18,20). The van der Waals surface area contributed by atoms with Crippen LogP contribution < -0.4 is 5.32 Å². The molecule has 0 unspecified atom stereocenters. The number of rotatable bonds is 4. The summed E-state index contributed by atoms with van der Waals surface area (Å²) in [4.78, 5) is 12.5. The molecule has 21 heavy (non-hydrogen) atoms. The summed E-state index contributed by atoms with van der Waals surface area (Å²) in [6.07, 6.45) is 1.83. The van der Waals surface area contributed by atoms with E-state index in [9.17, 15) is 4.79 Å². The van der Waals surface area contributed by atoms with Gasteiger partial charge >= 0.3 is 0 Å². The van der Waals surface area contributed by atoms with Crippen molar-refractivity contribution in [2.24, 2.45) is 0 Å². The fourth-order valence-electron chi connectivity index (χ4n) is 2.39. The Morgan fingerprint density at radius 1 is 1.10 bits per heavy atom. The Hall–Kier alpha value is -2.59. The number of para-hydroxylation sites is 2. The monoisotopic (exact) mass is 280 g/mol. The SMILES string of the molecule is COCn1cc(C(=O)Nc2ccccc2)c2ccccc21. The van der Waals surface area contributed by atoms with Gasteiger partial charge in [-0.1, -0.05) is 36.4 Å². The van der Waals surface area contributed by atoms with Crippen LogP contribution in [-0.4, -0.2) is 17.6 Å². The number of hydrogen-bond donors (Lipinski definition) is 1. The zero-order valence-corrected chi connectivity index (χ0v) is 11.7. The summed E-state index contributed by atoms with van der Waals surface area (Å²) in [5.41, 5.74) is 2.41. The van der Waals surface area contributed by atoms with Crippen molar-refractivity contribution < 1.29 is 9.53 Å². The van der Waals surface area contributed by atoms with Crippen molar-refractivity contribution in [1.82, 2.24) is 4.57 Å². The van der Waals surface area contributed by atoms with Crippen LogP contribution in [0.2, 0.25) is 0 Å². The molecule has 0 aliphatic heterocycles. The van der Waals surface area contributed by atoms with Crippen LogP contribution in [0, 0.1) is 0 Å². The van der Waals surface area contributed by atoms with E-state index in [4.69, 9.17) is 4.74 Å². The lowest BCUT2D eigenvalue weighted by Gasteiger charge is -2.03. The number of methoxy groups -OCH3 is 1. The van der Waals surface area contributed by atoms with Crippen molar-refractivity contribution in [2.45, 2.75) is 6.73 Å². The molecular weight excluding hydrogens is 264 g/mol. The molecule has 1 amide bonds. The first-order chi connectivity index (χ1) is 10.3. The largest absolute Gasteiger partial charge is 0.364 e. The van der Waals surface area contributed by atoms with Gasteiger partial charge in [0.2, 0.25) is 0 Å².